The Hall–Kier alpha value is -2.68. The van der Waals surface area contributed by atoms with Crippen LogP contribution in [-0.4, -0.2) is 38.6 Å². The number of hydrogen-bond donors (Lipinski definition) is 1. The number of nitrogen functional groups attached to an aromatic ring is 1. The normalized spacial score (nSPS) is 11.0. The lowest BCUT2D eigenvalue weighted by molar-refractivity contribution is 0.725. The number of aryl methyl sites for hydroxylation is 1. The quantitative estimate of drug-likeness (QED) is 0.552. The van der Waals surface area contributed by atoms with Crippen LogP contribution in [0.15, 0.2) is 28.2 Å². The van der Waals surface area contributed by atoms with Crippen molar-refractivity contribution in [1.29, 1.82) is 0 Å². The van der Waals surface area contributed by atoms with E-state index in [4.69, 9.17) is 5.73 Å². The second-order valence-corrected chi connectivity index (χ2v) is 6.81. The Labute approximate surface area is 149 Å². The first-order valence-electron chi connectivity index (χ1n) is 7.63. The zero-order chi connectivity index (χ0) is 18.1. The minimum Gasteiger partial charge on any atom is -0.368 e. The third-order valence-electron chi connectivity index (χ3n) is 3.61. The molecule has 0 radical (unpaired) electrons. The fourth-order valence-electron chi connectivity index (χ4n) is 2.31. The van der Waals surface area contributed by atoms with Crippen molar-refractivity contribution in [3.8, 4) is 0 Å². The maximum Gasteiger partial charge on any atom is 0.261 e. The highest BCUT2D eigenvalue weighted by molar-refractivity contribution is 7.98. The Morgan fingerprint density at radius 1 is 1.20 bits per heavy atom. The highest BCUT2D eigenvalue weighted by Gasteiger charge is 2.12. The molecule has 3 rings (SSSR count). The molecule has 9 heteroatoms. The number of fused-ring (bicyclic) bond motifs is 1. The van der Waals surface area contributed by atoms with Crippen molar-refractivity contribution in [2.24, 2.45) is 7.05 Å². The summed E-state index contributed by atoms with van der Waals surface area (Å²) in [5, 5.41) is 1.22. The predicted octanol–water partition coefficient (Wildman–Crippen LogP) is 1.37. The second-order valence-electron chi connectivity index (χ2n) is 5.87. The van der Waals surface area contributed by atoms with Gasteiger partial charge in [-0.15, -0.1) is 0 Å². The van der Waals surface area contributed by atoms with Crippen LogP contribution in [0.1, 0.15) is 11.4 Å². The molecule has 2 aromatic heterocycles. The predicted molar refractivity (Wildman–Crippen MR) is 99.8 cm³/mol. The first-order valence-corrected chi connectivity index (χ1v) is 8.61. The monoisotopic (exact) mass is 357 g/mol. The van der Waals surface area contributed by atoms with Crippen molar-refractivity contribution < 1.29 is 0 Å². The van der Waals surface area contributed by atoms with Crippen molar-refractivity contribution in [3.05, 3.63) is 39.9 Å². The molecule has 0 saturated carbocycles. The summed E-state index contributed by atoms with van der Waals surface area (Å²) in [5.41, 5.74) is 7.38. The molecular formula is C16H19N7OS. The van der Waals surface area contributed by atoms with Gasteiger partial charge in [0.15, 0.2) is 5.16 Å². The van der Waals surface area contributed by atoms with Gasteiger partial charge in [-0.3, -0.25) is 9.36 Å². The maximum absolute atomic E-state index is 12.6. The Morgan fingerprint density at radius 3 is 2.68 bits per heavy atom. The van der Waals surface area contributed by atoms with E-state index in [1.807, 2.05) is 39.2 Å². The molecule has 0 amide bonds. The molecule has 3 aromatic rings. The summed E-state index contributed by atoms with van der Waals surface area (Å²) in [4.78, 5) is 31.5. The lowest BCUT2D eigenvalue weighted by Gasteiger charge is -2.12. The average molecular weight is 357 g/mol. The van der Waals surface area contributed by atoms with Crippen LogP contribution in [0, 0.1) is 6.92 Å². The Kier molecular flexibility index (Phi) is 4.58. The first-order chi connectivity index (χ1) is 11.8. The number of anilines is 2. The summed E-state index contributed by atoms with van der Waals surface area (Å²) in [7, 11) is 5.39. The van der Waals surface area contributed by atoms with Crippen LogP contribution in [0.25, 0.3) is 10.9 Å². The SMILES string of the molecule is Cc1ccc2nc(SCc3nc(N)nc(N(C)C)n3)n(C)c(=O)c2c1. The van der Waals surface area contributed by atoms with Crippen LogP contribution < -0.4 is 16.2 Å². The van der Waals surface area contributed by atoms with E-state index in [2.05, 4.69) is 19.9 Å². The van der Waals surface area contributed by atoms with Gasteiger partial charge >= 0.3 is 0 Å². The molecule has 8 nitrogen and oxygen atoms in total. The van der Waals surface area contributed by atoms with Crippen LogP contribution in [0.3, 0.4) is 0 Å². The van der Waals surface area contributed by atoms with Gasteiger partial charge in [-0.2, -0.15) is 15.0 Å². The van der Waals surface area contributed by atoms with E-state index in [-0.39, 0.29) is 11.5 Å². The lowest BCUT2D eigenvalue weighted by Crippen LogP contribution is -2.20. The van der Waals surface area contributed by atoms with E-state index in [9.17, 15) is 4.79 Å². The fraction of sp³-hybridized carbons (Fsp3) is 0.312. The van der Waals surface area contributed by atoms with Crippen molar-refractivity contribution >= 4 is 34.6 Å². The van der Waals surface area contributed by atoms with Gasteiger partial charge in [0.1, 0.15) is 5.82 Å². The number of nitrogens with zero attached hydrogens (tertiary/aromatic N) is 6. The summed E-state index contributed by atoms with van der Waals surface area (Å²) in [6.07, 6.45) is 0. The van der Waals surface area contributed by atoms with Crippen molar-refractivity contribution in [2.75, 3.05) is 24.7 Å². The smallest absolute Gasteiger partial charge is 0.261 e. The topological polar surface area (TPSA) is 103 Å². The van der Waals surface area contributed by atoms with E-state index in [0.717, 1.165) is 5.56 Å². The lowest BCUT2D eigenvalue weighted by atomic mass is 10.2. The second kappa shape index (κ2) is 6.67. The molecule has 2 heterocycles. The highest BCUT2D eigenvalue weighted by atomic mass is 32.2. The molecular weight excluding hydrogens is 338 g/mol. The van der Waals surface area contributed by atoms with Crippen LogP contribution >= 0.6 is 11.8 Å². The van der Waals surface area contributed by atoms with Gasteiger partial charge in [0.05, 0.1) is 16.7 Å². The number of thioether (sulfide) groups is 1. The third-order valence-corrected chi connectivity index (χ3v) is 4.63. The molecule has 0 aliphatic heterocycles. The molecule has 1 aromatic carbocycles. The van der Waals surface area contributed by atoms with Gasteiger partial charge in [-0.25, -0.2) is 4.98 Å². The van der Waals surface area contributed by atoms with Gasteiger partial charge in [0, 0.05) is 21.1 Å². The van der Waals surface area contributed by atoms with Crippen molar-refractivity contribution in [1.82, 2.24) is 24.5 Å². The van der Waals surface area contributed by atoms with Crippen molar-refractivity contribution in [2.45, 2.75) is 17.8 Å². The molecule has 25 heavy (non-hydrogen) atoms. The zero-order valence-electron chi connectivity index (χ0n) is 14.5. The van der Waals surface area contributed by atoms with E-state index in [1.165, 1.54) is 11.8 Å². The minimum atomic E-state index is -0.0691. The Bertz CT molecular complexity index is 1000. The average Bonchev–Trinajstić information content (AvgIpc) is 2.57. The fourth-order valence-corrected chi connectivity index (χ4v) is 3.14. The summed E-state index contributed by atoms with van der Waals surface area (Å²) in [5.74, 6) is 1.65. The molecule has 0 fully saturated rings. The van der Waals surface area contributed by atoms with Gasteiger partial charge in [0.2, 0.25) is 11.9 Å². The Balaban J connectivity index is 1.93. The van der Waals surface area contributed by atoms with Crippen LogP contribution in [0.2, 0.25) is 0 Å². The standard InChI is InChI=1S/C16H19N7OS/c1-9-5-6-11-10(7-9)13(24)23(4)16(18-11)25-8-12-19-14(17)21-15(20-12)22(2)3/h5-7H,8H2,1-4H3,(H2,17,19,20,21). The molecule has 2 N–H and O–H groups in total. The third kappa shape index (κ3) is 3.55. The van der Waals surface area contributed by atoms with Crippen LogP contribution in [-0.2, 0) is 12.8 Å². The van der Waals surface area contributed by atoms with Gasteiger partial charge in [0.25, 0.3) is 5.56 Å². The summed E-state index contributed by atoms with van der Waals surface area (Å²) < 4.78 is 1.55. The summed E-state index contributed by atoms with van der Waals surface area (Å²) >= 11 is 1.39. The maximum atomic E-state index is 12.6. The first kappa shape index (κ1) is 17.2. The number of rotatable bonds is 4. The van der Waals surface area contributed by atoms with Crippen LogP contribution in [0.5, 0.6) is 0 Å². The van der Waals surface area contributed by atoms with E-state index >= 15 is 0 Å². The van der Waals surface area contributed by atoms with Gasteiger partial charge < -0.3 is 10.6 Å². The molecule has 0 spiro atoms. The largest absolute Gasteiger partial charge is 0.368 e. The van der Waals surface area contributed by atoms with E-state index in [0.29, 0.717) is 33.6 Å². The van der Waals surface area contributed by atoms with Gasteiger partial charge in [-0.1, -0.05) is 23.4 Å². The van der Waals surface area contributed by atoms with Crippen LogP contribution in [0.4, 0.5) is 11.9 Å². The van der Waals surface area contributed by atoms with Crippen molar-refractivity contribution in [3.63, 3.8) is 0 Å². The number of hydrogen-bond acceptors (Lipinski definition) is 8. The summed E-state index contributed by atoms with van der Waals surface area (Å²) in [6, 6.07) is 5.66. The molecule has 0 saturated heterocycles. The zero-order valence-corrected chi connectivity index (χ0v) is 15.3. The number of aromatic nitrogens is 5. The molecule has 0 aliphatic carbocycles. The molecule has 0 unspecified atom stereocenters. The molecule has 0 bridgehead atoms. The number of benzene rings is 1. The van der Waals surface area contributed by atoms with Gasteiger partial charge in [-0.05, 0) is 19.1 Å². The highest BCUT2D eigenvalue weighted by Crippen LogP contribution is 2.21. The number of nitrogens with two attached hydrogens (primary N) is 1. The summed E-state index contributed by atoms with van der Waals surface area (Å²) in [6.45, 7) is 1.95. The molecule has 130 valence electrons. The molecule has 0 aliphatic rings. The minimum absolute atomic E-state index is 0.0691. The molecule has 0 atom stereocenters. The van der Waals surface area contributed by atoms with E-state index < -0.39 is 0 Å². The van der Waals surface area contributed by atoms with E-state index in [1.54, 1.807) is 16.5 Å². The Morgan fingerprint density at radius 2 is 1.96 bits per heavy atom.